The largest absolute Gasteiger partial charge is 0.346 e. The Bertz CT molecular complexity index is 388. The van der Waals surface area contributed by atoms with Crippen LogP contribution in [0.5, 0.6) is 0 Å². The third kappa shape index (κ3) is 2.32. The second-order valence-corrected chi connectivity index (χ2v) is 3.34. The SMILES string of the molecule is N#CCC1COC(c2cccc(F)c2)O1. The van der Waals surface area contributed by atoms with Crippen molar-refractivity contribution in [2.75, 3.05) is 6.61 Å². The Balaban J connectivity index is 2.05. The van der Waals surface area contributed by atoms with Crippen LogP contribution in [0, 0.1) is 17.1 Å². The summed E-state index contributed by atoms with van der Waals surface area (Å²) in [5.74, 6) is -0.316. The van der Waals surface area contributed by atoms with Crippen LogP contribution in [0.2, 0.25) is 0 Å². The lowest BCUT2D eigenvalue weighted by molar-refractivity contribution is -0.0594. The highest BCUT2D eigenvalue weighted by molar-refractivity contribution is 5.18. The number of ether oxygens (including phenoxy) is 2. The zero-order chi connectivity index (χ0) is 10.7. The predicted molar refractivity (Wildman–Crippen MR) is 50.2 cm³/mol. The van der Waals surface area contributed by atoms with E-state index < -0.39 is 6.29 Å². The number of nitrogens with zero attached hydrogens (tertiary/aromatic N) is 1. The molecule has 1 aliphatic rings. The van der Waals surface area contributed by atoms with Crippen molar-refractivity contribution < 1.29 is 13.9 Å². The number of benzene rings is 1. The average molecular weight is 207 g/mol. The maximum Gasteiger partial charge on any atom is 0.184 e. The molecule has 0 saturated carbocycles. The molecule has 1 heterocycles. The molecule has 1 fully saturated rings. The molecular weight excluding hydrogens is 197 g/mol. The topological polar surface area (TPSA) is 42.2 Å². The minimum atomic E-state index is -0.543. The summed E-state index contributed by atoms with van der Waals surface area (Å²) in [6.45, 7) is 0.384. The molecule has 0 aliphatic carbocycles. The van der Waals surface area contributed by atoms with E-state index in [1.54, 1.807) is 12.1 Å². The van der Waals surface area contributed by atoms with Gasteiger partial charge in [-0.15, -0.1) is 0 Å². The standard InChI is InChI=1S/C11H10FNO2/c12-9-3-1-2-8(6-9)11-14-7-10(15-11)4-5-13/h1-3,6,10-11H,4,7H2. The van der Waals surface area contributed by atoms with Crippen molar-refractivity contribution in [3.8, 4) is 6.07 Å². The molecule has 0 N–H and O–H groups in total. The maximum atomic E-state index is 12.9. The van der Waals surface area contributed by atoms with Crippen molar-refractivity contribution in [1.82, 2.24) is 0 Å². The van der Waals surface area contributed by atoms with Crippen LogP contribution in [-0.4, -0.2) is 12.7 Å². The van der Waals surface area contributed by atoms with Gasteiger partial charge in [0.05, 0.1) is 25.2 Å². The van der Waals surface area contributed by atoms with E-state index in [4.69, 9.17) is 14.7 Å². The molecule has 1 aromatic rings. The van der Waals surface area contributed by atoms with Crippen molar-refractivity contribution in [3.63, 3.8) is 0 Å². The number of halogens is 1. The number of hydrogen-bond acceptors (Lipinski definition) is 3. The number of hydrogen-bond donors (Lipinski definition) is 0. The number of nitriles is 1. The summed E-state index contributed by atoms with van der Waals surface area (Å²) in [5, 5.41) is 8.48. The van der Waals surface area contributed by atoms with E-state index in [0.717, 1.165) is 0 Å². The molecular formula is C11H10FNO2. The summed E-state index contributed by atoms with van der Waals surface area (Å²) >= 11 is 0. The molecule has 0 radical (unpaired) electrons. The fourth-order valence-electron chi connectivity index (χ4n) is 1.48. The molecule has 1 aromatic carbocycles. The minimum Gasteiger partial charge on any atom is -0.346 e. The molecule has 0 amide bonds. The summed E-state index contributed by atoms with van der Waals surface area (Å²) in [4.78, 5) is 0. The smallest absolute Gasteiger partial charge is 0.184 e. The van der Waals surface area contributed by atoms with Gasteiger partial charge in [-0.3, -0.25) is 0 Å². The van der Waals surface area contributed by atoms with Crippen molar-refractivity contribution >= 4 is 0 Å². The van der Waals surface area contributed by atoms with Crippen LogP contribution in [0.3, 0.4) is 0 Å². The van der Waals surface area contributed by atoms with Gasteiger partial charge in [0.15, 0.2) is 6.29 Å². The van der Waals surface area contributed by atoms with Gasteiger partial charge in [-0.1, -0.05) is 12.1 Å². The first-order valence-electron chi connectivity index (χ1n) is 4.69. The van der Waals surface area contributed by atoms with Crippen molar-refractivity contribution in [1.29, 1.82) is 5.26 Å². The van der Waals surface area contributed by atoms with Crippen LogP contribution < -0.4 is 0 Å². The average Bonchev–Trinajstić information content (AvgIpc) is 2.67. The molecule has 4 heteroatoms. The van der Waals surface area contributed by atoms with Crippen molar-refractivity contribution in [2.45, 2.75) is 18.8 Å². The van der Waals surface area contributed by atoms with E-state index in [2.05, 4.69) is 0 Å². The van der Waals surface area contributed by atoms with Crippen LogP contribution in [0.15, 0.2) is 24.3 Å². The van der Waals surface area contributed by atoms with Gasteiger partial charge < -0.3 is 9.47 Å². The Hall–Kier alpha value is -1.44. The lowest BCUT2D eigenvalue weighted by Crippen LogP contribution is -2.08. The Morgan fingerprint density at radius 3 is 3.13 bits per heavy atom. The first kappa shape index (κ1) is 10.1. The van der Waals surface area contributed by atoms with E-state index >= 15 is 0 Å². The quantitative estimate of drug-likeness (QED) is 0.746. The van der Waals surface area contributed by atoms with Gasteiger partial charge in [0.2, 0.25) is 0 Å². The van der Waals surface area contributed by atoms with E-state index in [1.807, 2.05) is 6.07 Å². The Kier molecular flexibility index (Phi) is 2.95. The lowest BCUT2D eigenvalue weighted by Gasteiger charge is -2.09. The van der Waals surface area contributed by atoms with Gasteiger partial charge in [-0.05, 0) is 12.1 Å². The molecule has 0 aromatic heterocycles. The van der Waals surface area contributed by atoms with E-state index in [-0.39, 0.29) is 11.9 Å². The molecule has 2 unspecified atom stereocenters. The molecule has 0 spiro atoms. The van der Waals surface area contributed by atoms with Crippen molar-refractivity contribution in [2.24, 2.45) is 0 Å². The monoisotopic (exact) mass is 207 g/mol. The highest BCUT2D eigenvalue weighted by Gasteiger charge is 2.27. The van der Waals surface area contributed by atoms with Gasteiger partial charge in [0, 0.05) is 5.56 Å². The van der Waals surface area contributed by atoms with Gasteiger partial charge in [-0.2, -0.15) is 5.26 Å². The van der Waals surface area contributed by atoms with Crippen LogP contribution >= 0.6 is 0 Å². The summed E-state index contributed by atoms with van der Waals surface area (Å²) < 4.78 is 23.7. The summed E-state index contributed by atoms with van der Waals surface area (Å²) in [6.07, 6.45) is -0.450. The molecule has 2 atom stereocenters. The maximum absolute atomic E-state index is 12.9. The molecule has 3 nitrogen and oxygen atoms in total. The normalized spacial score (nSPS) is 25.1. The van der Waals surface area contributed by atoms with Gasteiger partial charge in [0.1, 0.15) is 5.82 Å². The molecule has 0 bridgehead atoms. The van der Waals surface area contributed by atoms with Gasteiger partial charge in [-0.25, -0.2) is 4.39 Å². The van der Waals surface area contributed by atoms with E-state index in [0.29, 0.717) is 18.6 Å². The second kappa shape index (κ2) is 4.39. The summed E-state index contributed by atoms with van der Waals surface area (Å²) in [7, 11) is 0. The Morgan fingerprint density at radius 1 is 1.53 bits per heavy atom. The van der Waals surface area contributed by atoms with Crippen LogP contribution in [-0.2, 0) is 9.47 Å². The van der Waals surface area contributed by atoms with Gasteiger partial charge in [0.25, 0.3) is 0 Å². The fraction of sp³-hybridized carbons (Fsp3) is 0.364. The molecule has 1 saturated heterocycles. The van der Waals surface area contributed by atoms with Gasteiger partial charge >= 0.3 is 0 Å². The first-order chi connectivity index (χ1) is 7.29. The molecule has 1 aliphatic heterocycles. The van der Waals surface area contributed by atoms with Crippen LogP contribution in [0.1, 0.15) is 18.3 Å². The Labute approximate surface area is 87.0 Å². The fourth-order valence-corrected chi connectivity index (χ4v) is 1.48. The zero-order valence-electron chi connectivity index (χ0n) is 8.02. The van der Waals surface area contributed by atoms with Crippen molar-refractivity contribution in [3.05, 3.63) is 35.6 Å². The minimum absolute atomic E-state index is 0.205. The summed E-state index contributed by atoms with van der Waals surface area (Å²) in [6, 6.07) is 8.10. The number of rotatable bonds is 2. The zero-order valence-corrected chi connectivity index (χ0v) is 8.02. The highest BCUT2D eigenvalue weighted by Crippen LogP contribution is 2.28. The molecule has 78 valence electrons. The second-order valence-electron chi connectivity index (χ2n) is 3.34. The third-order valence-corrected chi connectivity index (χ3v) is 2.19. The third-order valence-electron chi connectivity index (χ3n) is 2.19. The molecule has 2 rings (SSSR count). The van der Waals surface area contributed by atoms with E-state index in [1.165, 1.54) is 12.1 Å². The van der Waals surface area contributed by atoms with E-state index in [9.17, 15) is 4.39 Å². The predicted octanol–water partition coefficient (Wildman–Crippen LogP) is 2.15. The van der Waals surface area contributed by atoms with Crippen LogP contribution in [0.25, 0.3) is 0 Å². The first-order valence-corrected chi connectivity index (χ1v) is 4.69. The van der Waals surface area contributed by atoms with Crippen LogP contribution in [0.4, 0.5) is 4.39 Å². The highest BCUT2D eigenvalue weighted by atomic mass is 19.1. The lowest BCUT2D eigenvalue weighted by atomic mass is 10.2. The molecule has 15 heavy (non-hydrogen) atoms. The summed E-state index contributed by atoms with van der Waals surface area (Å²) in [5.41, 5.74) is 0.649. The Morgan fingerprint density at radius 2 is 2.40 bits per heavy atom.